The normalized spacial score (nSPS) is 13.2. The average molecular weight is 175 g/mol. The van der Waals surface area contributed by atoms with Crippen molar-refractivity contribution >= 4 is 0 Å². The average Bonchev–Trinajstić information content (AvgIpc) is 2.02. The summed E-state index contributed by atoms with van der Waals surface area (Å²) < 4.78 is 10.5. The Morgan fingerprint density at radius 2 is 1.67 bits per heavy atom. The molecule has 0 radical (unpaired) electrons. The van der Waals surface area contributed by atoms with Gasteiger partial charge in [-0.15, -0.1) is 0 Å². The van der Waals surface area contributed by atoms with Crippen LogP contribution in [0.2, 0.25) is 0 Å². The fourth-order valence-electron chi connectivity index (χ4n) is 0.736. The highest BCUT2D eigenvalue weighted by atomic mass is 16.5. The van der Waals surface area contributed by atoms with Crippen molar-refractivity contribution in [2.45, 2.75) is 32.7 Å². The predicted molar refractivity (Wildman–Crippen MR) is 50.2 cm³/mol. The Morgan fingerprint density at radius 3 is 2.17 bits per heavy atom. The summed E-state index contributed by atoms with van der Waals surface area (Å²) in [4.78, 5) is 0. The van der Waals surface area contributed by atoms with Crippen molar-refractivity contribution in [3.05, 3.63) is 0 Å². The van der Waals surface area contributed by atoms with Gasteiger partial charge < -0.3 is 15.2 Å². The van der Waals surface area contributed by atoms with E-state index >= 15 is 0 Å². The van der Waals surface area contributed by atoms with E-state index in [1.165, 1.54) is 0 Å². The molecule has 1 atom stereocenters. The zero-order valence-electron chi connectivity index (χ0n) is 8.21. The number of hydrogen-bond donors (Lipinski definition) is 1. The van der Waals surface area contributed by atoms with E-state index in [2.05, 4.69) is 6.92 Å². The van der Waals surface area contributed by atoms with E-state index in [0.29, 0.717) is 13.2 Å². The van der Waals surface area contributed by atoms with Crippen LogP contribution in [0.3, 0.4) is 0 Å². The molecular weight excluding hydrogens is 154 g/mol. The van der Waals surface area contributed by atoms with E-state index in [1.807, 2.05) is 6.92 Å². The first kappa shape index (κ1) is 11.9. The van der Waals surface area contributed by atoms with Crippen LogP contribution in [0.25, 0.3) is 0 Å². The van der Waals surface area contributed by atoms with Gasteiger partial charge in [-0.1, -0.05) is 6.92 Å². The van der Waals surface area contributed by atoms with E-state index < -0.39 is 0 Å². The molecule has 0 amide bonds. The van der Waals surface area contributed by atoms with Gasteiger partial charge in [-0.2, -0.15) is 0 Å². The molecule has 2 N–H and O–H groups in total. The third-order valence-electron chi connectivity index (χ3n) is 1.44. The lowest BCUT2D eigenvalue weighted by Crippen LogP contribution is -2.18. The number of nitrogens with two attached hydrogens (primary N) is 1. The maximum atomic E-state index is 5.54. The summed E-state index contributed by atoms with van der Waals surface area (Å²) >= 11 is 0. The summed E-state index contributed by atoms with van der Waals surface area (Å²) in [5, 5.41) is 0. The summed E-state index contributed by atoms with van der Waals surface area (Å²) in [6.07, 6.45) is 1.99. The Balaban J connectivity index is 2.82. The molecule has 0 heterocycles. The zero-order chi connectivity index (χ0) is 9.23. The maximum absolute atomic E-state index is 5.54. The largest absolute Gasteiger partial charge is 0.379 e. The van der Waals surface area contributed by atoms with Gasteiger partial charge in [-0.3, -0.25) is 0 Å². The summed E-state index contributed by atoms with van der Waals surface area (Å²) in [7, 11) is 0. The Labute approximate surface area is 75.2 Å². The molecule has 0 aliphatic carbocycles. The van der Waals surface area contributed by atoms with E-state index in [4.69, 9.17) is 15.2 Å². The molecule has 0 aliphatic rings. The van der Waals surface area contributed by atoms with Gasteiger partial charge in [-0.05, 0) is 19.8 Å². The Bertz CT molecular complexity index is 86.6. The molecule has 0 fully saturated rings. The monoisotopic (exact) mass is 175 g/mol. The van der Waals surface area contributed by atoms with Crippen molar-refractivity contribution in [2.75, 3.05) is 26.4 Å². The molecular formula is C9H21NO2. The lowest BCUT2D eigenvalue weighted by molar-refractivity contribution is 0.0459. The minimum atomic E-state index is 0.238. The molecule has 12 heavy (non-hydrogen) atoms. The van der Waals surface area contributed by atoms with Crippen LogP contribution in [-0.2, 0) is 9.47 Å². The van der Waals surface area contributed by atoms with Gasteiger partial charge in [0.2, 0.25) is 0 Å². The van der Waals surface area contributed by atoms with Crippen LogP contribution in [0, 0.1) is 0 Å². The van der Waals surface area contributed by atoms with Crippen molar-refractivity contribution in [3.8, 4) is 0 Å². The molecule has 3 nitrogen and oxygen atoms in total. The Morgan fingerprint density at radius 1 is 1.08 bits per heavy atom. The second kappa shape index (κ2) is 8.97. The fraction of sp³-hybridized carbons (Fsp3) is 1.00. The molecule has 0 aromatic heterocycles. The molecule has 0 spiro atoms. The number of rotatable bonds is 8. The number of ether oxygens (including phenoxy) is 2. The van der Waals surface area contributed by atoms with Gasteiger partial charge in [0.1, 0.15) is 0 Å². The first-order valence-electron chi connectivity index (χ1n) is 4.68. The van der Waals surface area contributed by atoms with Crippen LogP contribution in [0.1, 0.15) is 26.7 Å². The topological polar surface area (TPSA) is 44.5 Å². The van der Waals surface area contributed by atoms with Crippen LogP contribution in [0.4, 0.5) is 0 Å². The second-order valence-corrected chi connectivity index (χ2v) is 2.99. The SMILES string of the molecule is CCCOCCOCCC(C)N. The smallest absolute Gasteiger partial charge is 0.0700 e. The third-order valence-corrected chi connectivity index (χ3v) is 1.44. The standard InChI is InChI=1S/C9H21NO2/c1-3-5-11-7-8-12-6-4-9(2)10/h9H,3-8,10H2,1-2H3. The molecule has 0 bridgehead atoms. The highest BCUT2D eigenvalue weighted by Gasteiger charge is 1.93. The predicted octanol–water partition coefficient (Wildman–Crippen LogP) is 1.17. The first-order chi connectivity index (χ1) is 5.77. The van der Waals surface area contributed by atoms with Crippen molar-refractivity contribution in [1.82, 2.24) is 0 Å². The Kier molecular flexibility index (Phi) is 8.88. The molecule has 0 saturated carbocycles. The van der Waals surface area contributed by atoms with E-state index in [9.17, 15) is 0 Å². The summed E-state index contributed by atoms with van der Waals surface area (Å²) in [5.74, 6) is 0. The molecule has 74 valence electrons. The molecule has 0 aromatic rings. The van der Waals surface area contributed by atoms with Gasteiger partial charge in [-0.25, -0.2) is 0 Å². The molecule has 3 heteroatoms. The highest BCUT2D eigenvalue weighted by molar-refractivity contribution is 4.50. The molecule has 0 rings (SSSR count). The maximum Gasteiger partial charge on any atom is 0.0700 e. The van der Waals surface area contributed by atoms with Gasteiger partial charge >= 0.3 is 0 Å². The summed E-state index contributed by atoms with van der Waals surface area (Å²) in [6, 6.07) is 0.238. The molecule has 0 saturated heterocycles. The van der Waals surface area contributed by atoms with Crippen LogP contribution < -0.4 is 5.73 Å². The fourth-order valence-corrected chi connectivity index (χ4v) is 0.736. The molecule has 0 aliphatic heterocycles. The second-order valence-electron chi connectivity index (χ2n) is 2.99. The minimum Gasteiger partial charge on any atom is -0.379 e. The molecule has 1 unspecified atom stereocenters. The van der Waals surface area contributed by atoms with Crippen LogP contribution in [0.15, 0.2) is 0 Å². The lowest BCUT2D eigenvalue weighted by atomic mass is 10.3. The van der Waals surface area contributed by atoms with E-state index in [0.717, 1.165) is 26.1 Å². The third kappa shape index (κ3) is 9.88. The van der Waals surface area contributed by atoms with Gasteiger partial charge in [0.25, 0.3) is 0 Å². The van der Waals surface area contributed by atoms with E-state index in [-0.39, 0.29) is 6.04 Å². The van der Waals surface area contributed by atoms with Gasteiger partial charge in [0.05, 0.1) is 13.2 Å². The number of hydrogen-bond acceptors (Lipinski definition) is 3. The van der Waals surface area contributed by atoms with Crippen molar-refractivity contribution in [2.24, 2.45) is 5.73 Å². The highest BCUT2D eigenvalue weighted by Crippen LogP contribution is 1.88. The van der Waals surface area contributed by atoms with Crippen molar-refractivity contribution in [1.29, 1.82) is 0 Å². The minimum absolute atomic E-state index is 0.238. The van der Waals surface area contributed by atoms with Crippen LogP contribution in [-0.4, -0.2) is 32.5 Å². The van der Waals surface area contributed by atoms with Crippen LogP contribution in [0.5, 0.6) is 0 Å². The van der Waals surface area contributed by atoms with Crippen molar-refractivity contribution < 1.29 is 9.47 Å². The zero-order valence-corrected chi connectivity index (χ0v) is 8.21. The van der Waals surface area contributed by atoms with E-state index in [1.54, 1.807) is 0 Å². The first-order valence-corrected chi connectivity index (χ1v) is 4.68. The Hall–Kier alpha value is -0.120. The van der Waals surface area contributed by atoms with Gasteiger partial charge in [0.15, 0.2) is 0 Å². The van der Waals surface area contributed by atoms with Crippen LogP contribution >= 0.6 is 0 Å². The van der Waals surface area contributed by atoms with Crippen molar-refractivity contribution in [3.63, 3.8) is 0 Å². The van der Waals surface area contributed by atoms with Gasteiger partial charge in [0, 0.05) is 19.3 Å². The quantitative estimate of drug-likeness (QED) is 0.563. The summed E-state index contributed by atoms with van der Waals surface area (Å²) in [6.45, 7) is 7.04. The summed E-state index contributed by atoms with van der Waals surface area (Å²) in [5.41, 5.74) is 5.54. The lowest BCUT2D eigenvalue weighted by Gasteiger charge is -2.06. The molecule has 0 aromatic carbocycles.